The van der Waals surface area contributed by atoms with E-state index in [0.29, 0.717) is 11.6 Å². The topological polar surface area (TPSA) is 74.6 Å². The van der Waals surface area contributed by atoms with Crippen molar-refractivity contribution < 1.29 is 19.8 Å². The van der Waals surface area contributed by atoms with E-state index >= 15 is 0 Å². The third-order valence-corrected chi connectivity index (χ3v) is 2.26. The van der Waals surface area contributed by atoms with Crippen molar-refractivity contribution in [2.75, 3.05) is 0 Å². The lowest BCUT2D eigenvalue weighted by atomic mass is 9.91. The van der Waals surface area contributed by atoms with E-state index in [1.54, 1.807) is 30.3 Å². The van der Waals surface area contributed by atoms with Crippen LogP contribution >= 0.6 is 0 Å². The van der Waals surface area contributed by atoms with E-state index in [1.807, 2.05) is 0 Å². The maximum Gasteiger partial charge on any atom is 0.332 e. The van der Waals surface area contributed by atoms with Crippen LogP contribution in [-0.2, 0) is 9.59 Å². The molecule has 4 nitrogen and oxygen atoms in total. The van der Waals surface area contributed by atoms with Gasteiger partial charge in [-0.3, -0.25) is 0 Å². The van der Waals surface area contributed by atoms with Crippen molar-refractivity contribution in [1.29, 1.82) is 0 Å². The minimum atomic E-state index is -1.29. The first kappa shape index (κ1) is 12.7. The van der Waals surface area contributed by atoms with Crippen LogP contribution in [0.2, 0.25) is 0 Å². The summed E-state index contributed by atoms with van der Waals surface area (Å²) in [5.74, 6) is -3.18. The number of hydrogen-bond acceptors (Lipinski definition) is 2. The largest absolute Gasteiger partial charge is 0.478 e. The van der Waals surface area contributed by atoms with Crippen LogP contribution in [-0.4, -0.2) is 22.2 Å². The van der Waals surface area contributed by atoms with Crippen molar-refractivity contribution in [3.63, 3.8) is 0 Å². The Labute approximate surface area is 98.5 Å². The predicted molar refractivity (Wildman–Crippen MR) is 62.7 cm³/mol. The zero-order valence-corrected chi connectivity index (χ0v) is 9.04. The molecule has 4 heteroatoms. The van der Waals surface area contributed by atoms with Gasteiger partial charge in [0, 0.05) is 12.0 Å². The van der Waals surface area contributed by atoms with E-state index in [9.17, 15) is 9.59 Å². The minimum Gasteiger partial charge on any atom is -0.478 e. The molecule has 1 unspecified atom stereocenters. The van der Waals surface area contributed by atoms with Crippen LogP contribution in [0.5, 0.6) is 0 Å². The molecule has 1 aromatic carbocycles. The fraction of sp³-hybridized carbons (Fsp3) is 0.0769. The number of aliphatic carboxylic acids is 2. The molecule has 0 saturated heterocycles. The molecular formula is C13H12O4. The van der Waals surface area contributed by atoms with Crippen molar-refractivity contribution in [3.8, 4) is 0 Å². The smallest absolute Gasteiger partial charge is 0.332 e. The van der Waals surface area contributed by atoms with Crippen molar-refractivity contribution in [1.82, 2.24) is 0 Å². The zero-order valence-electron chi connectivity index (χ0n) is 9.04. The van der Waals surface area contributed by atoms with Gasteiger partial charge in [0.2, 0.25) is 0 Å². The Balaban J connectivity index is 3.20. The summed E-state index contributed by atoms with van der Waals surface area (Å²) in [4.78, 5) is 21.6. The third kappa shape index (κ3) is 3.31. The zero-order chi connectivity index (χ0) is 12.8. The molecule has 0 amide bonds. The molecule has 17 heavy (non-hydrogen) atoms. The van der Waals surface area contributed by atoms with Gasteiger partial charge in [-0.05, 0) is 5.56 Å². The normalized spacial score (nSPS) is 12.8. The number of carboxylic acid groups (broad SMARTS) is 2. The van der Waals surface area contributed by atoms with Crippen molar-refractivity contribution >= 4 is 11.9 Å². The quantitative estimate of drug-likeness (QED) is 0.601. The average molecular weight is 232 g/mol. The number of hydrogen-bond donors (Lipinski definition) is 2. The molecule has 0 bridgehead atoms. The maximum atomic E-state index is 11.0. The highest BCUT2D eigenvalue weighted by atomic mass is 16.4. The molecule has 0 aliphatic heterocycles. The van der Waals surface area contributed by atoms with Crippen molar-refractivity contribution in [3.05, 3.63) is 60.2 Å². The summed E-state index contributed by atoms with van der Waals surface area (Å²) in [7, 11) is 0. The molecule has 1 atom stereocenters. The van der Waals surface area contributed by atoms with Gasteiger partial charge in [0.1, 0.15) is 0 Å². The second kappa shape index (κ2) is 5.65. The average Bonchev–Trinajstić information content (AvgIpc) is 2.29. The summed E-state index contributed by atoms with van der Waals surface area (Å²) in [5.41, 5.74) is 0.483. The first-order chi connectivity index (χ1) is 8.06. The fourth-order valence-electron chi connectivity index (χ4n) is 1.52. The number of allylic oxidation sites excluding steroid dienone is 1. The van der Waals surface area contributed by atoms with Gasteiger partial charge in [0.05, 0.1) is 5.57 Å². The summed E-state index contributed by atoms with van der Waals surface area (Å²) in [6.07, 6.45) is 2.11. The van der Waals surface area contributed by atoms with Gasteiger partial charge >= 0.3 is 11.9 Å². The fourth-order valence-corrected chi connectivity index (χ4v) is 1.52. The van der Waals surface area contributed by atoms with Crippen LogP contribution in [0.15, 0.2) is 54.6 Å². The highest BCUT2D eigenvalue weighted by Gasteiger charge is 2.20. The Kier molecular flexibility index (Phi) is 4.22. The lowest BCUT2D eigenvalue weighted by Crippen LogP contribution is -2.11. The summed E-state index contributed by atoms with van der Waals surface area (Å²) < 4.78 is 0. The summed E-state index contributed by atoms with van der Waals surface area (Å²) in [6, 6.07) is 8.76. The van der Waals surface area contributed by atoms with E-state index < -0.39 is 17.9 Å². The number of carboxylic acids is 2. The second-order valence-electron chi connectivity index (χ2n) is 3.37. The summed E-state index contributed by atoms with van der Waals surface area (Å²) in [5, 5.41) is 17.7. The summed E-state index contributed by atoms with van der Waals surface area (Å²) >= 11 is 0. The highest BCUT2D eigenvalue weighted by molar-refractivity contribution is 5.96. The van der Waals surface area contributed by atoms with E-state index in [2.05, 4.69) is 6.58 Å². The van der Waals surface area contributed by atoms with Gasteiger partial charge in [-0.1, -0.05) is 36.4 Å². The maximum absolute atomic E-state index is 11.0. The summed E-state index contributed by atoms with van der Waals surface area (Å²) in [6.45, 7) is 3.55. The lowest BCUT2D eigenvalue weighted by molar-refractivity contribution is -0.135. The molecule has 0 aromatic heterocycles. The Morgan fingerprint density at radius 3 is 2.18 bits per heavy atom. The van der Waals surface area contributed by atoms with Crippen LogP contribution in [0.3, 0.4) is 0 Å². The molecule has 0 radical (unpaired) electrons. The van der Waals surface area contributed by atoms with E-state index in [0.717, 1.165) is 0 Å². The molecule has 0 aliphatic rings. The van der Waals surface area contributed by atoms with Crippen LogP contribution < -0.4 is 0 Å². The van der Waals surface area contributed by atoms with Gasteiger partial charge in [-0.2, -0.15) is 0 Å². The van der Waals surface area contributed by atoms with E-state index in [4.69, 9.17) is 10.2 Å². The van der Waals surface area contributed by atoms with Gasteiger partial charge in [-0.25, -0.2) is 9.59 Å². The van der Waals surface area contributed by atoms with Gasteiger partial charge in [-0.15, -0.1) is 6.58 Å². The lowest BCUT2D eigenvalue weighted by Gasteiger charge is -2.13. The Morgan fingerprint density at radius 2 is 1.76 bits per heavy atom. The van der Waals surface area contributed by atoms with Gasteiger partial charge < -0.3 is 10.2 Å². The minimum absolute atomic E-state index is 0.210. The van der Waals surface area contributed by atoms with E-state index in [-0.39, 0.29) is 5.57 Å². The first-order valence-corrected chi connectivity index (χ1v) is 4.91. The number of benzene rings is 1. The van der Waals surface area contributed by atoms with E-state index in [1.165, 1.54) is 6.08 Å². The number of carbonyl (C=O) groups is 2. The SMILES string of the molecule is C=CC(/C(=C/C(=O)O)C(=O)O)c1ccccc1. The number of rotatable bonds is 5. The predicted octanol–water partition coefficient (Wildman–Crippen LogP) is 2.05. The molecule has 2 N–H and O–H groups in total. The van der Waals surface area contributed by atoms with Crippen molar-refractivity contribution in [2.45, 2.75) is 5.92 Å². The van der Waals surface area contributed by atoms with Gasteiger partial charge in [0.15, 0.2) is 0 Å². The molecule has 1 aromatic rings. The molecule has 0 spiro atoms. The van der Waals surface area contributed by atoms with Crippen LogP contribution in [0.4, 0.5) is 0 Å². The molecular weight excluding hydrogens is 220 g/mol. The first-order valence-electron chi connectivity index (χ1n) is 4.91. The van der Waals surface area contributed by atoms with Crippen LogP contribution in [0.25, 0.3) is 0 Å². The molecule has 1 rings (SSSR count). The van der Waals surface area contributed by atoms with Crippen LogP contribution in [0.1, 0.15) is 11.5 Å². The monoisotopic (exact) mass is 232 g/mol. The molecule has 0 fully saturated rings. The van der Waals surface area contributed by atoms with Crippen LogP contribution in [0, 0.1) is 0 Å². The highest BCUT2D eigenvalue weighted by Crippen LogP contribution is 2.25. The standard InChI is InChI=1S/C13H12O4/c1-2-10(9-6-4-3-5-7-9)11(13(16)17)8-12(14)15/h2-8,10H,1H2,(H,14,15)(H,16,17)/b11-8-. The van der Waals surface area contributed by atoms with Crippen molar-refractivity contribution in [2.24, 2.45) is 0 Å². The Morgan fingerprint density at radius 1 is 1.18 bits per heavy atom. The Hall–Kier alpha value is -2.36. The molecule has 0 saturated carbocycles. The molecule has 88 valence electrons. The Bertz CT molecular complexity index is 460. The van der Waals surface area contributed by atoms with Gasteiger partial charge in [0.25, 0.3) is 0 Å². The second-order valence-corrected chi connectivity index (χ2v) is 3.37. The third-order valence-electron chi connectivity index (χ3n) is 2.26. The molecule has 0 heterocycles. The molecule has 0 aliphatic carbocycles.